The molecule has 3 aliphatic rings. The topological polar surface area (TPSA) is 0 Å². The van der Waals surface area contributed by atoms with E-state index < -0.39 is 0 Å². The summed E-state index contributed by atoms with van der Waals surface area (Å²) in [6.07, 6.45) is 8.22. The van der Waals surface area contributed by atoms with E-state index in [4.69, 9.17) is 0 Å². The summed E-state index contributed by atoms with van der Waals surface area (Å²) in [7, 11) is 0. The molecule has 0 radical (unpaired) electrons. The van der Waals surface area contributed by atoms with Crippen LogP contribution in [0.1, 0.15) is 49.7 Å². The smallest absolute Gasteiger partial charge is 0.0259 e. The molecule has 0 unspecified atom stereocenters. The molecule has 86 valence electrons. The fourth-order valence-corrected chi connectivity index (χ4v) is 4.31. The fourth-order valence-electron chi connectivity index (χ4n) is 3.71. The van der Waals surface area contributed by atoms with Crippen molar-refractivity contribution < 1.29 is 0 Å². The number of rotatable bonds is 1. The summed E-state index contributed by atoms with van der Waals surface area (Å²) in [5.41, 5.74) is 3.64. The van der Waals surface area contributed by atoms with Gasteiger partial charge in [-0.25, -0.2) is 0 Å². The van der Waals surface area contributed by atoms with Gasteiger partial charge in [0.25, 0.3) is 0 Å². The Kier molecular flexibility index (Phi) is 2.43. The van der Waals surface area contributed by atoms with E-state index in [-0.39, 0.29) is 0 Å². The van der Waals surface area contributed by atoms with Crippen LogP contribution in [-0.2, 0) is 5.41 Å². The molecule has 0 heterocycles. The number of hydrogen-bond donors (Lipinski definition) is 0. The van der Waals surface area contributed by atoms with E-state index in [9.17, 15) is 0 Å². The quantitative estimate of drug-likeness (QED) is 0.652. The Morgan fingerprint density at radius 2 is 1.50 bits per heavy atom. The largest absolute Gasteiger partial charge is 0.0853 e. The highest BCUT2D eigenvalue weighted by molar-refractivity contribution is 9.10. The van der Waals surface area contributed by atoms with Gasteiger partial charge in [0.15, 0.2) is 0 Å². The van der Waals surface area contributed by atoms with Crippen LogP contribution in [0.2, 0.25) is 0 Å². The van der Waals surface area contributed by atoms with Crippen molar-refractivity contribution in [1.29, 1.82) is 0 Å². The molecule has 16 heavy (non-hydrogen) atoms. The second-order valence-electron chi connectivity index (χ2n) is 5.75. The van der Waals surface area contributed by atoms with Crippen molar-refractivity contribution in [2.45, 2.75) is 55.2 Å². The van der Waals surface area contributed by atoms with E-state index >= 15 is 0 Å². The van der Waals surface area contributed by atoms with Gasteiger partial charge in [0.05, 0.1) is 0 Å². The number of hydrogen-bond acceptors (Lipinski definition) is 0. The molecule has 0 saturated heterocycles. The Bertz CT molecular complexity index is 383. The van der Waals surface area contributed by atoms with Gasteiger partial charge in [0, 0.05) is 4.32 Å². The second-order valence-corrected chi connectivity index (χ2v) is 7.43. The Morgan fingerprint density at radius 3 is 2.06 bits per heavy atom. The molecule has 0 N–H and O–H groups in total. The van der Waals surface area contributed by atoms with Gasteiger partial charge >= 0.3 is 0 Å². The first-order valence-electron chi connectivity index (χ1n) is 6.39. The average molecular weight is 279 g/mol. The molecule has 1 heteroatoms. The van der Waals surface area contributed by atoms with Crippen molar-refractivity contribution >= 4 is 15.9 Å². The van der Waals surface area contributed by atoms with Crippen molar-refractivity contribution in [3.05, 3.63) is 35.4 Å². The van der Waals surface area contributed by atoms with E-state index in [1.165, 1.54) is 44.1 Å². The summed E-state index contributed by atoms with van der Waals surface area (Å²) < 4.78 is 0.497. The van der Waals surface area contributed by atoms with Gasteiger partial charge in [0.2, 0.25) is 0 Å². The lowest BCUT2D eigenvalue weighted by Crippen LogP contribution is -2.45. The highest BCUT2D eigenvalue weighted by Gasteiger charge is 2.48. The van der Waals surface area contributed by atoms with Crippen molar-refractivity contribution in [3.63, 3.8) is 0 Å². The third kappa shape index (κ3) is 1.55. The van der Waals surface area contributed by atoms with Crippen molar-refractivity contribution in [2.75, 3.05) is 0 Å². The maximum Gasteiger partial charge on any atom is 0.0259 e. The lowest BCUT2D eigenvalue weighted by Gasteiger charge is -2.51. The van der Waals surface area contributed by atoms with Crippen molar-refractivity contribution in [1.82, 2.24) is 0 Å². The number of aryl methyl sites for hydroxylation is 1. The number of alkyl halides is 1. The van der Waals surface area contributed by atoms with E-state index in [0.29, 0.717) is 9.74 Å². The molecule has 1 aromatic rings. The van der Waals surface area contributed by atoms with Crippen LogP contribution in [0.4, 0.5) is 0 Å². The molecule has 0 nitrogen and oxygen atoms in total. The Hall–Kier alpha value is -0.300. The SMILES string of the molecule is Cc1ccccc1C12CCC(Br)(CC1)CC2. The lowest BCUT2D eigenvalue weighted by atomic mass is 9.57. The van der Waals surface area contributed by atoms with Crippen LogP contribution in [0.3, 0.4) is 0 Å². The summed E-state index contributed by atoms with van der Waals surface area (Å²) in [6, 6.07) is 9.01. The molecule has 0 atom stereocenters. The molecule has 0 spiro atoms. The first-order chi connectivity index (χ1) is 7.64. The summed E-state index contributed by atoms with van der Waals surface area (Å²) in [6.45, 7) is 2.27. The predicted octanol–water partition coefficient (Wildman–Crippen LogP) is 4.73. The number of fused-ring (bicyclic) bond motifs is 3. The number of benzene rings is 1. The Balaban J connectivity index is 1.99. The van der Waals surface area contributed by atoms with Crippen LogP contribution >= 0.6 is 15.9 Å². The minimum atomic E-state index is 0.497. The van der Waals surface area contributed by atoms with Gasteiger partial charge in [-0.2, -0.15) is 0 Å². The first kappa shape index (κ1) is 10.8. The van der Waals surface area contributed by atoms with Gasteiger partial charge in [-0.1, -0.05) is 40.2 Å². The van der Waals surface area contributed by atoms with Crippen molar-refractivity contribution in [2.24, 2.45) is 0 Å². The van der Waals surface area contributed by atoms with E-state index in [2.05, 4.69) is 47.1 Å². The minimum absolute atomic E-state index is 0.497. The molecule has 2 bridgehead atoms. The standard InChI is InChI=1S/C15H19Br/c1-12-4-2-3-5-13(12)14-6-9-15(16,10-7-14)11-8-14/h2-5H,6-11H2,1H3. The molecule has 0 aromatic heterocycles. The number of halogens is 1. The fraction of sp³-hybridized carbons (Fsp3) is 0.600. The molecule has 3 saturated carbocycles. The van der Waals surface area contributed by atoms with E-state index in [1.54, 1.807) is 5.56 Å². The highest BCUT2D eigenvalue weighted by atomic mass is 79.9. The maximum absolute atomic E-state index is 3.95. The van der Waals surface area contributed by atoms with Gasteiger partial charge in [-0.3, -0.25) is 0 Å². The molecule has 0 amide bonds. The molecule has 1 aromatic carbocycles. The predicted molar refractivity (Wildman–Crippen MR) is 72.2 cm³/mol. The summed E-state index contributed by atoms with van der Waals surface area (Å²) in [5.74, 6) is 0. The zero-order valence-electron chi connectivity index (χ0n) is 9.93. The van der Waals surface area contributed by atoms with Crippen LogP contribution in [0.25, 0.3) is 0 Å². The minimum Gasteiger partial charge on any atom is -0.0853 e. The Labute approximate surface area is 107 Å². The van der Waals surface area contributed by atoms with Gasteiger partial charge in [0.1, 0.15) is 0 Å². The van der Waals surface area contributed by atoms with Gasteiger partial charge < -0.3 is 0 Å². The highest BCUT2D eigenvalue weighted by Crippen LogP contribution is 2.57. The summed E-state index contributed by atoms with van der Waals surface area (Å²) in [4.78, 5) is 0. The van der Waals surface area contributed by atoms with E-state index in [0.717, 1.165) is 0 Å². The molecule has 3 aliphatic carbocycles. The normalized spacial score (nSPS) is 37.6. The Morgan fingerprint density at radius 1 is 0.938 bits per heavy atom. The van der Waals surface area contributed by atoms with Gasteiger partial charge in [-0.15, -0.1) is 0 Å². The first-order valence-corrected chi connectivity index (χ1v) is 7.18. The van der Waals surface area contributed by atoms with Crippen LogP contribution < -0.4 is 0 Å². The molecule has 3 fully saturated rings. The van der Waals surface area contributed by atoms with Crippen LogP contribution in [0.5, 0.6) is 0 Å². The van der Waals surface area contributed by atoms with E-state index in [1.807, 2.05) is 0 Å². The molecule has 4 rings (SSSR count). The molecular formula is C15H19Br. The second kappa shape index (κ2) is 3.60. The van der Waals surface area contributed by atoms with Crippen LogP contribution in [-0.4, -0.2) is 4.32 Å². The zero-order chi connectivity index (χ0) is 11.2. The average Bonchev–Trinajstić information content (AvgIpc) is 2.31. The zero-order valence-corrected chi connectivity index (χ0v) is 11.5. The van der Waals surface area contributed by atoms with Crippen molar-refractivity contribution in [3.8, 4) is 0 Å². The van der Waals surface area contributed by atoms with Crippen LogP contribution in [0, 0.1) is 6.92 Å². The van der Waals surface area contributed by atoms with Crippen LogP contribution in [0.15, 0.2) is 24.3 Å². The summed E-state index contributed by atoms with van der Waals surface area (Å²) in [5, 5.41) is 0. The van der Waals surface area contributed by atoms with Gasteiger partial charge in [-0.05, 0) is 62.0 Å². The molecule has 0 aliphatic heterocycles. The molecular weight excluding hydrogens is 260 g/mol. The third-order valence-electron chi connectivity index (χ3n) is 4.87. The maximum atomic E-state index is 3.95. The third-order valence-corrected chi connectivity index (χ3v) is 6.06. The summed E-state index contributed by atoms with van der Waals surface area (Å²) >= 11 is 3.95. The monoisotopic (exact) mass is 278 g/mol. The lowest BCUT2D eigenvalue weighted by molar-refractivity contribution is 0.162.